The first-order valence-corrected chi connectivity index (χ1v) is 7.41. The van der Waals surface area contributed by atoms with Gasteiger partial charge in [0.15, 0.2) is 5.78 Å². The maximum absolute atomic E-state index is 12.4. The molecule has 0 saturated carbocycles. The topological polar surface area (TPSA) is 61.2 Å². The second-order valence-electron chi connectivity index (χ2n) is 6.66. The van der Waals surface area contributed by atoms with Crippen molar-refractivity contribution in [3.05, 3.63) is 59.4 Å². The van der Waals surface area contributed by atoms with Crippen LogP contribution in [0.4, 0.5) is 0 Å². The molecular weight excluding hydrogens is 274 g/mol. The Balaban J connectivity index is 2.12. The Kier molecular flexibility index (Phi) is 3.36. The molecule has 1 aliphatic carbocycles. The largest absolute Gasteiger partial charge is 0.511 e. The number of hydrogen-bond donors (Lipinski definition) is 2. The molecule has 3 rings (SSSR count). The van der Waals surface area contributed by atoms with Crippen molar-refractivity contribution in [2.45, 2.75) is 26.7 Å². The van der Waals surface area contributed by atoms with Gasteiger partial charge in [-0.3, -0.25) is 10.2 Å². The summed E-state index contributed by atoms with van der Waals surface area (Å²) in [6.45, 7) is 3.92. The average molecular weight is 293 g/mol. The van der Waals surface area contributed by atoms with Crippen LogP contribution in [-0.2, 0) is 4.79 Å². The third-order valence-electron chi connectivity index (χ3n) is 4.16. The van der Waals surface area contributed by atoms with Gasteiger partial charge >= 0.3 is 0 Å². The molecule has 3 nitrogen and oxygen atoms in total. The van der Waals surface area contributed by atoms with E-state index >= 15 is 0 Å². The molecule has 0 radical (unpaired) electrons. The van der Waals surface area contributed by atoms with Crippen LogP contribution in [0.1, 0.15) is 32.3 Å². The van der Waals surface area contributed by atoms with E-state index in [2.05, 4.69) is 0 Å². The summed E-state index contributed by atoms with van der Waals surface area (Å²) in [6.07, 6.45) is 0.792. The molecule has 0 fully saturated rings. The zero-order chi connectivity index (χ0) is 15.9. The highest BCUT2D eigenvalue weighted by atomic mass is 16.3. The molecule has 0 bridgehead atoms. The molecule has 22 heavy (non-hydrogen) atoms. The number of aliphatic hydroxyl groups excluding tert-OH is 1. The molecule has 112 valence electrons. The first-order chi connectivity index (χ1) is 10.4. The number of carbonyl (C=O) groups excluding carboxylic acids is 1. The SMILES string of the molecule is CC1(C)CC(=O)C(C(=N)c2cccc3ccccc23)=C(O)C1. The minimum Gasteiger partial charge on any atom is -0.511 e. The highest BCUT2D eigenvalue weighted by molar-refractivity contribution is 6.31. The Morgan fingerprint density at radius 3 is 2.50 bits per heavy atom. The summed E-state index contributed by atoms with van der Waals surface area (Å²) < 4.78 is 0. The van der Waals surface area contributed by atoms with Crippen LogP contribution in [0, 0.1) is 10.8 Å². The van der Waals surface area contributed by atoms with Crippen LogP contribution >= 0.6 is 0 Å². The Morgan fingerprint density at radius 2 is 1.77 bits per heavy atom. The van der Waals surface area contributed by atoms with E-state index in [9.17, 15) is 9.90 Å². The van der Waals surface area contributed by atoms with Gasteiger partial charge in [0.2, 0.25) is 0 Å². The quantitative estimate of drug-likeness (QED) is 0.806. The Morgan fingerprint density at radius 1 is 1.09 bits per heavy atom. The number of rotatable bonds is 2. The van der Waals surface area contributed by atoms with Gasteiger partial charge < -0.3 is 5.11 Å². The predicted molar refractivity (Wildman–Crippen MR) is 88.5 cm³/mol. The maximum atomic E-state index is 12.4. The van der Waals surface area contributed by atoms with E-state index < -0.39 is 0 Å². The summed E-state index contributed by atoms with van der Waals surface area (Å²) in [7, 11) is 0. The molecule has 0 unspecified atom stereocenters. The summed E-state index contributed by atoms with van der Waals surface area (Å²) in [5, 5.41) is 20.7. The van der Waals surface area contributed by atoms with Crippen LogP contribution in [0.5, 0.6) is 0 Å². The summed E-state index contributed by atoms with van der Waals surface area (Å²) in [6, 6.07) is 13.5. The van der Waals surface area contributed by atoms with E-state index in [1.165, 1.54) is 0 Å². The molecule has 2 aromatic rings. The van der Waals surface area contributed by atoms with Gasteiger partial charge in [0.05, 0.1) is 11.3 Å². The van der Waals surface area contributed by atoms with Crippen molar-refractivity contribution in [1.29, 1.82) is 5.41 Å². The number of fused-ring (bicyclic) bond motifs is 1. The molecule has 0 spiro atoms. The van der Waals surface area contributed by atoms with Gasteiger partial charge in [-0.25, -0.2) is 0 Å². The Hall–Kier alpha value is -2.42. The Labute approximate surface area is 129 Å². The molecule has 0 heterocycles. The van der Waals surface area contributed by atoms with Crippen molar-refractivity contribution in [2.24, 2.45) is 5.41 Å². The van der Waals surface area contributed by atoms with E-state index in [4.69, 9.17) is 5.41 Å². The maximum Gasteiger partial charge on any atom is 0.168 e. The Bertz CT molecular complexity index is 810. The number of hydrogen-bond acceptors (Lipinski definition) is 3. The molecule has 0 aliphatic heterocycles. The fourth-order valence-electron chi connectivity index (χ4n) is 3.15. The number of benzene rings is 2. The zero-order valence-electron chi connectivity index (χ0n) is 12.8. The average Bonchev–Trinajstić information content (AvgIpc) is 2.44. The van der Waals surface area contributed by atoms with Crippen LogP contribution in [0.3, 0.4) is 0 Å². The number of Topliss-reactive ketones (excluding diaryl/α,β-unsaturated/α-hetero) is 1. The summed E-state index contributed by atoms with van der Waals surface area (Å²) in [5.74, 6) is -0.106. The fourth-order valence-corrected chi connectivity index (χ4v) is 3.15. The number of carbonyl (C=O) groups is 1. The van der Waals surface area contributed by atoms with Crippen LogP contribution in [0.15, 0.2) is 53.8 Å². The second kappa shape index (κ2) is 5.09. The summed E-state index contributed by atoms with van der Waals surface area (Å²) >= 11 is 0. The standard InChI is InChI=1S/C19H19NO2/c1-19(2)10-15(21)17(16(22)11-19)18(20)14-9-5-7-12-6-3-4-8-13(12)14/h3-9,20-21H,10-11H2,1-2H3. The van der Waals surface area contributed by atoms with Gasteiger partial charge in [-0.2, -0.15) is 0 Å². The van der Waals surface area contributed by atoms with Crippen molar-refractivity contribution in [1.82, 2.24) is 0 Å². The van der Waals surface area contributed by atoms with Crippen LogP contribution in [0.25, 0.3) is 10.8 Å². The lowest BCUT2D eigenvalue weighted by Crippen LogP contribution is -2.29. The first-order valence-electron chi connectivity index (χ1n) is 7.41. The number of ketones is 1. The van der Waals surface area contributed by atoms with Crippen molar-refractivity contribution in [2.75, 3.05) is 0 Å². The second-order valence-corrected chi connectivity index (χ2v) is 6.66. The van der Waals surface area contributed by atoms with Gasteiger partial charge in [-0.1, -0.05) is 56.3 Å². The molecule has 2 N–H and O–H groups in total. The number of allylic oxidation sites excluding steroid dienone is 2. The molecule has 1 aliphatic rings. The van der Waals surface area contributed by atoms with E-state index in [0.717, 1.165) is 10.8 Å². The van der Waals surface area contributed by atoms with Crippen molar-refractivity contribution in [3.8, 4) is 0 Å². The number of nitrogens with one attached hydrogen (secondary N) is 1. The third-order valence-corrected chi connectivity index (χ3v) is 4.16. The fraction of sp³-hybridized carbons (Fsp3) is 0.263. The van der Waals surface area contributed by atoms with Crippen molar-refractivity contribution >= 4 is 22.3 Å². The smallest absolute Gasteiger partial charge is 0.168 e. The van der Waals surface area contributed by atoms with Gasteiger partial charge in [0.1, 0.15) is 5.76 Å². The lowest BCUT2D eigenvalue weighted by atomic mass is 9.75. The molecule has 0 saturated heterocycles. The lowest BCUT2D eigenvalue weighted by molar-refractivity contribution is -0.117. The molecule has 0 atom stereocenters. The van der Waals surface area contributed by atoms with Gasteiger partial charge in [-0.15, -0.1) is 0 Å². The van der Waals surface area contributed by atoms with E-state index in [-0.39, 0.29) is 28.2 Å². The number of aliphatic hydroxyl groups is 1. The molecule has 0 aromatic heterocycles. The van der Waals surface area contributed by atoms with E-state index in [1.807, 2.05) is 56.3 Å². The van der Waals surface area contributed by atoms with Crippen LogP contribution < -0.4 is 0 Å². The van der Waals surface area contributed by atoms with Crippen LogP contribution in [0.2, 0.25) is 0 Å². The molecule has 3 heteroatoms. The zero-order valence-corrected chi connectivity index (χ0v) is 12.8. The molecule has 2 aromatic carbocycles. The predicted octanol–water partition coefficient (Wildman–Crippen LogP) is 4.41. The molecule has 0 amide bonds. The normalized spacial score (nSPS) is 17.8. The van der Waals surface area contributed by atoms with Crippen molar-refractivity contribution < 1.29 is 9.90 Å². The summed E-state index contributed by atoms with van der Waals surface area (Å²) in [4.78, 5) is 12.4. The monoisotopic (exact) mass is 293 g/mol. The molecular formula is C19H19NO2. The minimum atomic E-state index is -0.246. The third kappa shape index (κ3) is 2.43. The van der Waals surface area contributed by atoms with Gasteiger partial charge in [-0.05, 0) is 16.2 Å². The highest BCUT2D eigenvalue weighted by Crippen LogP contribution is 2.37. The van der Waals surface area contributed by atoms with Gasteiger partial charge in [0, 0.05) is 18.4 Å². The highest BCUT2D eigenvalue weighted by Gasteiger charge is 2.35. The van der Waals surface area contributed by atoms with Crippen molar-refractivity contribution in [3.63, 3.8) is 0 Å². The van der Waals surface area contributed by atoms with E-state index in [1.54, 1.807) is 0 Å². The lowest BCUT2D eigenvalue weighted by Gasteiger charge is -2.29. The minimum absolute atomic E-state index is 0.0409. The first kappa shape index (κ1) is 14.5. The summed E-state index contributed by atoms with van der Waals surface area (Å²) in [5.41, 5.74) is 0.738. The van der Waals surface area contributed by atoms with E-state index in [0.29, 0.717) is 18.4 Å². The van der Waals surface area contributed by atoms with Crippen LogP contribution in [-0.4, -0.2) is 16.6 Å². The van der Waals surface area contributed by atoms with Gasteiger partial charge in [0.25, 0.3) is 0 Å².